The zero-order valence-electron chi connectivity index (χ0n) is 25.3. The van der Waals surface area contributed by atoms with Gasteiger partial charge in [0, 0.05) is 61.0 Å². The number of hydrogen-bond acceptors (Lipinski definition) is 4. The number of carbonyl (C=O) groups excluding carboxylic acids is 2. The second kappa shape index (κ2) is 17.9. The number of nitrogens with one attached hydrogen (secondary N) is 2. The van der Waals surface area contributed by atoms with Crippen molar-refractivity contribution in [3.63, 3.8) is 0 Å². The first kappa shape index (κ1) is 32.8. The second-order valence-corrected chi connectivity index (χ2v) is 13.0. The van der Waals surface area contributed by atoms with Crippen LogP contribution in [0.5, 0.6) is 0 Å². The molecule has 0 atom stereocenters. The predicted octanol–water partition coefficient (Wildman–Crippen LogP) is 5.53. The van der Waals surface area contributed by atoms with Gasteiger partial charge in [-0.2, -0.15) is 9.13 Å². The standard InChI is InChI=1S/C36H38N4O2S2/c1-29-9-13-31(14-10-29)17-19-33-7-3-5-23-39(33)27-35(41)37-21-25-43-44-26-22-38-36(42)28-40-24-6-4-8-34(40)20-18-32-15-11-30(2)12-16-32/h3-20,23-24H,21-22,25-28H2,1-2H3/p+2/b19-17+,20-18+. The van der Waals surface area contributed by atoms with Gasteiger partial charge < -0.3 is 10.6 Å². The quantitative estimate of drug-likeness (QED) is 0.104. The van der Waals surface area contributed by atoms with E-state index in [1.54, 1.807) is 21.6 Å². The van der Waals surface area contributed by atoms with Crippen molar-refractivity contribution in [2.45, 2.75) is 26.9 Å². The maximum absolute atomic E-state index is 12.6. The molecule has 0 spiro atoms. The summed E-state index contributed by atoms with van der Waals surface area (Å²) in [6.45, 7) is 5.86. The Balaban J connectivity index is 1.10. The Hall–Kier alpha value is -4.14. The smallest absolute Gasteiger partial charge is 0.286 e. The van der Waals surface area contributed by atoms with Crippen LogP contribution in [-0.2, 0) is 22.7 Å². The van der Waals surface area contributed by atoms with Crippen LogP contribution in [0.2, 0.25) is 0 Å². The highest BCUT2D eigenvalue weighted by atomic mass is 33.1. The van der Waals surface area contributed by atoms with Crippen LogP contribution in [0.4, 0.5) is 0 Å². The van der Waals surface area contributed by atoms with Crippen LogP contribution in [0.25, 0.3) is 24.3 Å². The number of rotatable bonds is 15. The third-order valence-corrected chi connectivity index (χ3v) is 9.13. The van der Waals surface area contributed by atoms with E-state index in [0.717, 1.165) is 34.0 Å². The molecular formula is C36H40N4O2S2+2. The molecular weight excluding hydrogens is 585 g/mol. The third-order valence-electron chi connectivity index (χ3n) is 6.73. The molecule has 0 aliphatic heterocycles. The number of aryl methyl sites for hydroxylation is 2. The molecule has 44 heavy (non-hydrogen) atoms. The summed E-state index contributed by atoms with van der Waals surface area (Å²) in [5.74, 6) is 1.55. The van der Waals surface area contributed by atoms with Crippen molar-refractivity contribution in [2.75, 3.05) is 24.6 Å². The summed E-state index contributed by atoms with van der Waals surface area (Å²) in [6, 6.07) is 28.5. The SMILES string of the molecule is Cc1ccc(/C=C/c2cccc[n+]2CC(=O)NCCSSCCNC(=O)C[n+]2ccccc2/C=C/c2ccc(C)cc2)cc1. The van der Waals surface area contributed by atoms with E-state index in [2.05, 4.69) is 85.2 Å². The Kier molecular flexibility index (Phi) is 13.3. The monoisotopic (exact) mass is 624 g/mol. The van der Waals surface area contributed by atoms with Gasteiger partial charge in [-0.15, -0.1) is 0 Å². The Bertz CT molecular complexity index is 1450. The lowest BCUT2D eigenvalue weighted by Crippen LogP contribution is -2.45. The van der Waals surface area contributed by atoms with Gasteiger partial charge in [0.25, 0.3) is 11.8 Å². The molecule has 2 heterocycles. The summed E-state index contributed by atoms with van der Waals surface area (Å²) in [4.78, 5) is 25.1. The minimum atomic E-state index is -0.0180. The van der Waals surface area contributed by atoms with E-state index in [9.17, 15) is 9.59 Å². The van der Waals surface area contributed by atoms with E-state index >= 15 is 0 Å². The molecule has 4 rings (SSSR count). The lowest BCUT2D eigenvalue weighted by molar-refractivity contribution is -0.686. The molecule has 4 aromatic rings. The van der Waals surface area contributed by atoms with Crippen molar-refractivity contribution in [1.29, 1.82) is 0 Å². The molecule has 0 aliphatic carbocycles. The van der Waals surface area contributed by atoms with Crippen molar-refractivity contribution >= 4 is 57.7 Å². The molecule has 0 aliphatic rings. The molecule has 6 nitrogen and oxygen atoms in total. The van der Waals surface area contributed by atoms with Gasteiger partial charge in [0.1, 0.15) is 0 Å². The number of benzene rings is 2. The van der Waals surface area contributed by atoms with Gasteiger partial charge in [-0.05, 0) is 49.3 Å². The van der Waals surface area contributed by atoms with E-state index in [1.807, 2.05) is 70.1 Å². The van der Waals surface area contributed by atoms with E-state index in [1.165, 1.54) is 11.1 Å². The third kappa shape index (κ3) is 11.5. The highest BCUT2D eigenvalue weighted by Crippen LogP contribution is 2.19. The van der Waals surface area contributed by atoms with Crippen LogP contribution in [0, 0.1) is 13.8 Å². The van der Waals surface area contributed by atoms with Crippen LogP contribution in [0.15, 0.2) is 97.3 Å². The number of nitrogens with zero attached hydrogens (tertiary/aromatic N) is 2. The van der Waals surface area contributed by atoms with Gasteiger partial charge in [0.05, 0.1) is 0 Å². The minimum absolute atomic E-state index is 0.0180. The molecule has 0 fully saturated rings. The summed E-state index contributed by atoms with van der Waals surface area (Å²) < 4.78 is 3.89. The second-order valence-electron chi connectivity index (χ2n) is 10.3. The van der Waals surface area contributed by atoms with Crippen LogP contribution in [-0.4, -0.2) is 36.4 Å². The molecule has 0 radical (unpaired) electrons. The average molecular weight is 625 g/mol. The number of hydrogen-bond donors (Lipinski definition) is 2. The first-order valence-corrected chi connectivity index (χ1v) is 17.2. The van der Waals surface area contributed by atoms with Gasteiger partial charge in [-0.25, -0.2) is 0 Å². The number of pyridine rings is 2. The zero-order chi connectivity index (χ0) is 31.0. The number of amides is 2. The summed E-state index contributed by atoms with van der Waals surface area (Å²) in [6.07, 6.45) is 12.0. The Morgan fingerprint density at radius 3 is 1.41 bits per heavy atom. The molecule has 2 N–H and O–H groups in total. The summed E-state index contributed by atoms with van der Waals surface area (Å²) in [5, 5.41) is 6.01. The Morgan fingerprint density at radius 2 is 1.00 bits per heavy atom. The maximum atomic E-state index is 12.6. The van der Waals surface area contributed by atoms with Crippen LogP contribution in [0.1, 0.15) is 33.6 Å². The first-order valence-electron chi connectivity index (χ1n) is 14.7. The van der Waals surface area contributed by atoms with Crippen molar-refractivity contribution in [3.05, 3.63) is 131 Å². The van der Waals surface area contributed by atoms with Crippen LogP contribution < -0.4 is 19.8 Å². The molecule has 8 heteroatoms. The molecule has 0 bridgehead atoms. The van der Waals surface area contributed by atoms with E-state index < -0.39 is 0 Å². The summed E-state index contributed by atoms with van der Waals surface area (Å²) in [5.41, 5.74) is 6.64. The van der Waals surface area contributed by atoms with Gasteiger partial charge in [0.15, 0.2) is 12.4 Å². The molecule has 2 amide bonds. The van der Waals surface area contributed by atoms with Crippen LogP contribution >= 0.6 is 21.6 Å². The van der Waals surface area contributed by atoms with E-state index in [4.69, 9.17) is 0 Å². The van der Waals surface area contributed by atoms with Gasteiger partial charge in [-0.1, -0.05) is 81.2 Å². The molecule has 0 unspecified atom stereocenters. The fourth-order valence-corrected chi connectivity index (χ4v) is 6.10. The Labute approximate surface area is 268 Å². The fourth-order valence-electron chi connectivity index (χ4n) is 4.29. The topological polar surface area (TPSA) is 66.0 Å². The van der Waals surface area contributed by atoms with Crippen molar-refractivity contribution < 1.29 is 18.7 Å². The molecule has 0 saturated carbocycles. The summed E-state index contributed by atoms with van der Waals surface area (Å²) >= 11 is 0. The van der Waals surface area contributed by atoms with E-state index in [-0.39, 0.29) is 24.9 Å². The predicted molar refractivity (Wildman–Crippen MR) is 184 cm³/mol. The average Bonchev–Trinajstić information content (AvgIpc) is 3.03. The summed E-state index contributed by atoms with van der Waals surface area (Å²) in [7, 11) is 3.39. The molecule has 226 valence electrons. The molecule has 2 aromatic carbocycles. The largest absolute Gasteiger partial charge is 0.350 e. The van der Waals surface area contributed by atoms with Crippen LogP contribution in [0.3, 0.4) is 0 Å². The van der Waals surface area contributed by atoms with Crippen molar-refractivity contribution in [3.8, 4) is 0 Å². The van der Waals surface area contributed by atoms with Crippen molar-refractivity contribution in [1.82, 2.24) is 10.6 Å². The molecule has 0 saturated heterocycles. The number of carbonyl (C=O) groups is 2. The van der Waals surface area contributed by atoms with Crippen molar-refractivity contribution in [2.24, 2.45) is 0 Å². The fraction of sp³-hybridized carbons (Fsp3) is 0.222. The minimum Gasteiger partial charge on any atom is -0.350 e. The maximum Gasteiger partial charge on any atom is 0.286 e. The lowest BCUT2D eigenvalue weighted by Gasteiger charge is -2.06. The highest BCUT2D eigenvalue weighted by molar-refractivity contribution is 8.76. The van der Waals surface area contributed by atoms with Gasteiger partial charge in [0.2, 0.25) is 24.5 Å². The van der Waals surface area contributed by atoms with E-state index in [0.29, 0.717) is 13.1 Å². The van der Waals surface area contributed by atoms with Gasteiger partial charge >= 0.3 is 0 Å². The highest BCUT2D eigenvalue weighted by Gasteiger charge is 2.14. The molecule has 2 aromatic heterocycles. The number of aromatic nitrogens is 2. The normalized spacial score (nSPS) is 11.2. The van der Waals surface area contributed by atoms with Gasteiger partial charge in [-0.3, -0.25) is 9.59 Å². The zero-order valence-corrected chi connectivity index (χ0v) is 27.0. The lowest BCUT2D eigenvalue weighted by atomic mass is 10.1. The first-order chi connectivity index (χ1) is 21.5. The Morgan fingerprint density at radius 1 is 0.591 bits per heavy atom.